The molecule has 1 heteroatoms. The van der Waals surface area contributed by atoms with E-state index >= 15 is 0 Å². The molecule has 0 saturated carbocycles. The second kappa shape index (κ2) is 17.7. The smallest absolute Gasteiger partial charge is 0.0621 e. The van der Waals surface area contributed by atoms with Gasteiger partial charge in [0.05, 0.1) is 6.07 Å². The lowest BCUT2D eigenvalue weighted by atomic mass is 10.1. The Morgan fingerprint density at radius 1 is 0.700 bits per heavy atom. The third-order valence-electron chi connectivity index (χ3n) is 3.19. The summed E-state index contributed by atoms with van der Waals surface area (Å²) in [7, 11) is 0. The van der Waals surface area contributed by atoms with Crippen molar-refractivity contribution in [2.24, 2.45) is 0 Å². The van der Waals surface area contributed by atoms with Crippen LogP contribution < -0.4 is 0 Å². The van der Waals surface area contributed by atoms with E-state index in [4.69, 9.17) is 5.26 Å². The zero-order valence-electron chi connectivity index (χ0n) is 13.2. The Labute approximate surface area is 126 Å². The Kier molecular flexibility index (Phi) is 16.6. The maximum atomic E-state index is 8.42. The fourth-order valence-electron chi connectivity index (χ4n) is 2.00. The van der Waals surface area contributed by atoms with Gasteiger partial charge in [0, 0.05) is 6.42 Å². The Morgan fingerprint density at radius 3 is 1.90 bits per heavy atom. The van der Waals surface area contributed by atoms with Crippen LogP contribution in [0.15, 0.2) is 36.5 Å². The van der Waals surface area contributed by atoms with Gasteiger partial charge in [-0.15, -0.1) is 0 Å². The van der Waals surface area contributed by atoms with Crippen molar-refractivity contribution >= 4 is 0 Å². The minimum atomic E-state index is 0.727. The van der Waals surface area contributed by atoms with Crippen LogP contribution in [0.4, 0.5) is 0 Å². The standard InChI is InChI=1S/C19H31N/c1-2-3-4-5-6-7-8-9-10-11-12-13-14-15-16-17-18-19-20/h3-4,6-7,9-10H,2,5,8,11-18H2,1H3/b4-3-,7-6-,10-9-. The average molecular weight is 273 g/mol. The van der Waals surface area contributed by atoms with Gasteiger partial charge < -0.3 is 0 Å². The largest absolute Gasteiger partial charge is 0.198 e. The van der Waals surface area contributed by atoms with Gasteiger partial charge in [0.25, 0.3) is 0 Å². The summed E-state index contributed by atoms with van der Waals surface area (Å²) in [4.78, 5) is 0. The van der Waals surface area contributed by atoms with Gasteiger partial charge in [0.2, 0.25) is 0 Å². The maximum Gasteiger partial charge on any atom is 0.0621 e. The monoisotopic (exact) mass is 273 g/mol. The van der Waals surface area contributed by atoms with Crippen molar-refractivity contribution in [3.8, 4) is 6.07 Å². The van der Waals surface area contributed by atoms with E-state index in [1.54, 1.807) is 0 Å². The lowest BCUT2D eigenvalue weighted by Crippen LogP contribution is -1.79. The van der Waals surface area contributed by atoms with Gasteiger partial charge in [0.15, 0.2) is 0 Å². The van der Waals surface area contributed by atoms with Crippen LogP contribution in [0.1, 0.15) is 77.6 Å². The predicted octanol–water partition coefficient (Wildman–Crippen LogP) is 6.49. The van der Waals surface area contributed by atoms with Crippen LogP contribution in [0.3, 0.4) is 0 Å². The van der Waals surface area contributed by atoms with Gasteiger partial charge in [-0.3, -0.25) is 0 Å². The molecule has 0 aliphatic carbocycles. The Balaban J connectivity index is 3.20. The molecule has 0 N–H and O–H groups in total. The van der Waals surface area contributed by atoms with Gasteiger partial charge in [-0.05, 0) is 38.5 Å². The predicted molar refractivity (Wildman–Crippen MR) is 89.5 cm³/mol. The highest BCUT2D eigenvalue weighted by Gasteiger charge is 1.90. The highest BCUT2D eigenvalue weighted by Crippen LogP contribution is 2.08. The molecule has 0 aliphatic heterocycles. The topological polar surface area (TPSA) is 23.8 Å². The summed E-state index contributed by atoms with van der Waals surface area (Å²) in [6, 6.07) is 2.20. The molecule has 0 aliphatic rings. The number of nitriles is 1. The second-order valence-electron chi connectivity index (χ2n) is 5.11. The van der Waals surface area contributed by atoms with Crippen molar-refractivity contribution in [1.29, 1.82) is 5.26 Å². The summed E-state index contributed by atoms with van der Waals surface area (Å²) < 4.78 is 0. The number of rotatable bonds is 13. The lowest BCUT2D eigenvalue weighted by Gasteiger charge is -1.98. The quantitative estimate of drug-likeness (QED) is 0.278. The fraction of sp³-hybridized carbons (Fsp3) is 0.632. The molecule has 0 aromatic rings. The molecular formula is C19H31N. The first-order valence-electron chi connectivity index (χ1n) is 8.23. The first-order valence-corrected chi connectivity index (χ1v) is 8.23. The molecule has 0 aromatic heterocycles. The van der Waals surface area contributed by atoms with Gasteiger partial charge >= 0.3 is 0 Å². The van der Waals surface area contributed by atoms with Crippen LogP contribution in [0.2, 0.25) is 0 Å². The van der Waals surface area contributed by atoms with Crippen LogP contribution in [-0.4, -0.2) is 0 Å². The number of nitrogens with zero attached hydrogens (tertiary/aromatic N) is 1. The second-order valence-corrected chi connectivity index (χ2v) is 5.11. The van der Waals surface area contributed by atoms with E-state index in [0.717, 1.165) is 32.1 Å². The molecule has 0 saturated heterocycles. The molecular weight excluding hydrogens is 242 g/mol. The third-order valence-corrected chi connectivity index (χ3v) is 3.19. The van der Waals surface area contributed by atoms with Gasteiger partial charge in [-0.2, -0.15) is 5.26 Å². The lowest BCUT2D eigenvalue weighted by molar-refractivity contribution is 0.601. The van der Waals surface area contributed by atoms with Gasteiger partial charge in [-0.1, -0.05) is 69.1 Å². The van der Waals surface area contributed by atoms with Gasteiger partial charge in [0.1, 0.15) is 0 Å². The number of hydrogen-bond donors (Lipinski definition) is 0. The SMILES string of the molecule is CC/C=C\C/C=C\C/C=C\CCCCCCCCC#N. The molecule has 0 radical (unpaired) electrons. The van der Waals surface area contributed by atoms with E-state index in [-0.39, 0.29) is 0 Å². The molecule has 0 heterocycles. The van der Waals surface area contributed by atoms with Crippen LogP contribution in [0.25, 0.3) is 0 Å². The Hall–Kier alpha value is -1.29. The summed E-state index contributed by atoms with van der Waals surface area (Å²) in [6.07, 6.45) is 26.2. The Morgan fingerprint density at radius 2 is 1.25 bits per heavy atom. The average Bonchev–Trinajstić information content (AvgIpc) is 2.47. The molecule has 0 amide bonds. The van der Waals surface area contributed by atoms with E-state index in [9.17, 15) is 0 Å². The zero-order chi connectivity index (χ0) is 14.7. The van der Waals surface area contributed by atoms with Crippen molar-refractivity contribution < 1.29 is 0 Å². The maximum absolute atomic E-state index is 8.42. The van der Waals surface area contributed by atoms with E-state index < -0.39 is 0 Å². The van der Waals surface area contributed by atoms with Crippen molar-refractivity contribution in [2.75, 3.05) is 0 Å². The molecule has 0 bridgehead atoms. The molecule has 0 fully saturated rings. The summed E-state index contributed by atoms with van der Waals surface area (Å²) in [5.74, 6) is 0. The van der Waals surface area contributed by atoms with Crippen LogP contribution in [0.5, 0.6) is 0 Å². The minimum absolute atomic E-state index is 0.727. The van der Waals surface area contributed by atoms with Crippen molar-refractivity contribution in [3.63, 3.8) is 0 Å². The molecule has 0 unspecified atom stereocenters. The first kappa shape index (κ1) is 18.7. The normalized spacial score (nSPS) is 11.8. The number of allylic oxidation sites excluding steroid dienone is 6. The summed E-state index contributed by atoms with van der Waals surface area (Å²) in [5.41, 5.74) is 0. The van der Waals surface area contributed by atoms with E-state index in [1.165, 1.54) is 38.5 Å². The van der Waals surface area contributed by atoms with Crippen molar-refractivity contribution in [2.45, 2.75) is 77.6 Å². The zero-order valence-corrected chi connectivity index (χ0v) is 13.2. The molecule has 20 heavy (non-hydrogen) atoms. The highest BCUT2D eigenvalue weighted by atomic mass is 14.2. The highest BCUT2D eigenvalue weighted by molar-refractivity contribution is 4.96. The molecule has 1 nitrogen and oxygen atoms in total. The molecule has 0 rings (SSSR count). The molecule has 0 aromatic carbocycles. The Bertz CT molecular complexity index is 304. The van der Waals surface area contributed by atoms with E-state index in [0.29, 0.717) is 0 Å². The van der Waals surface area contributed by atoms with E-state index in [2.05, 4.69) is 49.4 Å². The van der Waals surface area contributed by atoms with Crippen LogP contribution in [0, 0.1) is 11.3 Å². The van der Waals surface area contributed by atoms with Crippen molar-refractivity contribution in [3.05, 3.63) is 36.5 Å². The summed E-state index contributed by atoms with van der Waals surface area (Å²) >= 11 is 0. The van der Waals surface area contributed by atoms with Crippen LogP contribution in [-0.2, 0) is 0 Å². The molecule has 112 valence electrons. The first-order chi connectivity index (χ1) is 9.91. The summed E-state index contributed by atoms with van der Waals surface area (Å²) in [6.45, 7) is 2.16. The molecule has 0 spiro atoms. The number of hydrogen-bond acceptors (Lipinski definition) is 1. The fourth-order valence-corrected chi connectivity index (χ4v) is 2.00. The van der Waals surface area contributed by atoms with Gasteiger partial charge in [-0.25, -0.2) is 0 Å². The third kappa shape index (κ3) is 16.7. The minimum Gasteiger partial charge on any atom is -0.198 e. The molecule has 0 atom stereocenters. The van der Waals surface area contributed by atoms with Crippen molar-refractivity contribution in [1.82, 2.24) is 0 Å². The summed E-state index contributed by atoms with van der Waals surface area (Å²) in [5, 5.41) is 8.42. The van der Waals surface area contributed by atoms with Crippen LogP contribution >= 0.6 is 0 Å². The number of unbranched alkanes of at least 4 members (excludes halogenated alkanes) is 7. The van der Waals surface area contributed by atoms with E-state index in [1.807, 2.05) is 0 Å².